The van der Waals surface area contributed by atoms with Crippen molar-refractivity contribution in [1.29, 1.82) is 0 Å². The molecule has 1 aromatic rings. The van der Waals surface area contributed by atoms with Crippen LogP contribution >= 0.6 is 0 Å². The van der Waals surface area contributed by atoms with Gasteiger partial charge in [-0.1, -0.05) is 18.0 Å². The summed E-state index contributed by atoms with van der Waals surface area (Å²) in [6.07, 6.45) is 3.70. The summed E-state index contributed by atoms with van der Waals surface area (Å²) in [5, 5.41) is 22.1. The largest absolute Gasteiger partial charge is 0.409 e. The number of nitrogens with zero attached hydrogens (tertiary/aromatic N) is 4. The van der Waals surface area contributed by atoms with Crippen LogP contribution < -0.4 is 10.6 Å². The van der Waals surface area contributed by atoms with Crippen LogP contribution in [0.1, 0.15) is 37.1 Å². The van der Waals surface area contributed by atoms with Gasteiger partial charge in [0.15, 0.2) is 5.84 Å². The van der Waals surface area contributed by atoms with Crippen molar-refractivity contribution in [1.82, 2.24) is 9.97 Å². The number of likely N-dealkylation sites (N-methyl/N-ethyl adjacent to an activating group) is 1. The predicted octanol–water partition coefficient (Wildman–Crippen LogP) is 0.621. The van der Waals surface area contributed by atoms with Gasteiger partial charge in [0.05, 0.1) is 5.60 Å². The van der Waals surface area contributed by atoms with E-state index in [0.717, 1.165) is 31.4 Å². The predicted molar refractivity (Wildman–Crippen MR) is 76.0 cm³/mol. The number of nitrogens with two attached hydrogens (primary N) is 1. The van der Waals surface area contributed by atoms with Gasteiger partial charge in [-0.15, -0.1) is 0 Å². The summed E-state index contributed by atoms with van der Waals surface area (Å²) in [7, 11) is 1.83. The van der Waals surface area contributed by atoms with Crippen LogP contribution in [0.5, 0.6) is 0 Å². The molecule has 0 aliphatic heterocycles. The minimum Gasteiger partial charge on any atom is -0.409 e. The number of oxime groups is 1. The van der Waals surface area contributed by atoms with E-state index in [-0.39, 0.29) is 5.84 Å². The molecule has 110 valence electrons. The van der Waals surface area contributed by atoms with Crippen LogP contribution in [0.2, 0.25) is 0 Å². The molecule has 4 N–H and O–H groups in total. The molecule has 1 fully saturated rings. The van der Waals surface area contributed by atoms with Crippen LogP contribution in [0, 0.1) is 6.92 Å². The van der Waals surface area contributed by atoms with E-state index in [0.29, 0.717) is 18.2 Å². The van der Waals surface area contributed by atoms with Gasteiger partial charge in [0.2, 0.25) is 5.95 Å². The van der Waals surface area contributed by atoms with Crippen LogP contribution in [0.3, 0.4) is 0 Å². The number of aromatic nitrogens is 2. The smallest absolute Gasteiger partial charge is 0.226 e. The number of anilines is 1. The highest BCUT2D eigenvalue weighted by molar-refractivity contribution is 5.95. The number of aliphatic hydroxyl groups is 1. The van der Waals surface area contributed by atoms with Gasteiger partial charge in [0.1, 0.15) is 5.69 Å². The summed E-state index contributed by atoms with van der Waals surface area (Å²) in [5.74, 6) is 0.414. The second-order valence-electron chi connectivity index (χ2n) is 5.47. The molecule has 1 heterocycles. The zero-order valence-corrected chi connectivity index (χ0v) is 11.9. The van der Waals surface area contributed by atoms with Crippen molar-refractivity contribution in [3.8, 4) is 0 Å². The molecule has 20 heavy (non-hydrogen) atoms. The van der Waals surface area contributed by atoms with Gasteiger partial charge in [-0.2, -0.15) is 0 Å². The van der Waals surface area contributed by atoms with E-state index in [2.05, 4.69) is 15.1 Å². The van der Waals surface area contributed by atoms with Crippen LogP contribution in [0.4, 0.5) is 5.95 Å². The lowest BCUT2D eigenvalue weighted by atomic mass is 10.0. The summed E-state index contributed by atoms with van der Waals surface area (Å²) in [6.45, 7) is 2.30. The molecule has 0 radical (unpaired) electrons. The maximum absolute atomic E-state index is 10.4. The van der Waals surface area contributed by atoms with E-state index >= 15 is 0 Å². The van der Waals surface area contributed by atoms with Crippen molar-refractivity contribution in [3.05, 3.63) is 17.5 Å². The van der Waals surface area contributed by atoms with Gasteiger partial charge in [-0.3, -0.25) is 0 Å². The van der Waals surface area contributed by atoms with Gasteiger partial charge < -0.3 is 20.9 Å². The lowest BCUT2D eigenvalue weighted by molar-refractivity contribution is 0.0556. The Morgan fingerprint density at radius 2 is 2.10 bits per heavy atom. The Hall–Kier alpha value is -1.89. The van der Waals surface area contributed by atoms with Crippen LogP contribution in [0.15, 0.2) is 11.2 Å². The van der Waals surface area contributed by atoms with E-state index in [9.17, 15) is 5.11 Å². The average Bonchev–Trinajstić information content (AvgIpc) is 2.83. The lowest BCUT2D eigenvalue weighted by Gasteiger charge is -2.28. The topological polar surface area (TPSA) is 108 Å². The molecule has 0 saturated heterocycles. The summed E-state index contributed by atoms with van der Waals surface area (Å²) < 4.78 is 0. The van der Waals surface area contributed by atoms with Crippen LogP contribution in [0.25, 0.3) is 0 Å². The molecule has 0 amide bonds. The third-order valence-corrected chi connectivity index (χ3v) is 3.62. The fraction of sp³-hybridized carbons (Fsp3) is 0.615. The summed E-state index contributed by atoms with van der Waals surface area (Å²) in [6, 6.07) is 1.65. The number of amidine groups is 1. The molecule has 1 saturated carbocycles. The molecule has 1 aromatic heterocycles. The van der Waals surface area contributed by atoms with E-state index in [1.54, 1.807) is 6.07 Å². The molecule has 0 spiro atoms. The molecule has 2 rings (SSSR count). The molecule has 1 aliphatic carbocycles. The molecule has 7 nitrogen and oxygen atoms in total. The maximum atomic E-state index is 10.4. The zero-order valence-electron chi connectivity index (χ0n) is 11.9. The monoisotopic (exact) mass is 279 g/mol. The first-order chi connectivity index (χ1) is 9.43. The van der Waals surface area contributed by atoms with Crippen molar-refractivity contribution in [2.45, 2.75) is 38.2 Å². The number of hydrogen-bond donors (Lipinski definition) is 3. The standard InChI is InChI=1S/C13H21N5O2/c1-9-7-10(11(14)17-20)16-12(15-9)18(2)8-13(19)5-3-4-6-13/h7,19-20H,3-6,8H2,1-2H3,(H2,14,17). The molecule has 0 aromatic carbocycles. The molecule has 1 aliphatic rings. The normalized spacial score (nSPS) is 18.2. The third kappa shape index (κ3) is 3.16. The van der Waals surface area contributed by atoms with Gasteiger partial charge >= 0.3 is 0 Å². The van der Waals surface area contributed by atoms with Gasteiger partial charge in [-0.05, 0) is 25.8 Å². The minimum atomic E-state index is -0.668. The number of hydrogen-bond acceptors (Lipinski definition) is 6. The van der Waals surface area contributed by atoms with Crippen molar-refractivity contribution in [3.63, 3.8) is 0 Å². The number of rotatable bonds is 4. The Kier molecular flexibility index (Phi) is 4.08. The van der Waals surface area contributed by atoms with Crippen molar-refractivity contribution in [2.24, 2.45) is 10.9 Å². The van der Waals surface area contributed by atoms with Gasteiger partial charge in [-0.25, -0.2) is 9.97 Å². The lowest BCUT2D eigenvalue weighted by Crippen LogP contribution is -2.40. The van der Waals surface area contributed by atoms with E-state index < -0.39 is 5.60 Å². The maximum Gasteiger partial charge on any atom is 0.226 e. The fourth-order valence-corrected chi connectivity index (χ4v) is 2.61. The first-order valence-electron chi connectivity index (χ1n) is 6.71. The second kappa shape index (κ2) is 5.62. The van der Waals surface area contributed by atoms with E-state index in [1.807, 2.05) is 18.9 Å². The van der Waals surface area contributed by atoms with E-state index in [4.69, 9.17) is 10.9 Å². The number of aryl methyl sites for hydroxylation is 1. The van der Waals surface area contributed by atoms with Crippen LogP contribution in [-0.2, 0) is 0 Å². The summed E-state index contributed by atoms with van der Waals surface area (Å²) in [4.78, 5) is 10.4. The SMILES string of the molecule is Cc1cc(/C(N)=N/O)nc(N(C)CC2(O)CCCC2)n1. The van der Waals surface area contributed by atoms with Gasteiger partial charge in [0, 0.05) is 19.3 Å². The Morgan fingerprint density at radius 1 is 1.45 bits per heavy atom. The average molecular weight is 279 g/mol. The highest BCUT2D eigenvalue weighted by Gasteiger charge is 2.32. The fourth-order valence-electron chi connectivity index (χ4n) is 2.61. The van der Waals surface area contributed by atoms with Crippen LogP contribution in [-0.4, -0.2) is 45.3 Å². The third-order valence-electron chi connectivity index (χ3n) is 3.62. The first-order valence-corrected chi connectivity index (χ1v) is 6.71. The molecule has 0 atom stereocenters. The van der Waals surface area contributed by atoms with Crippen molar-refractivity contribution in [2.75, 3.05) is 18.5 Å². The molecule has 0 unspecified atom stereocenters. The van der Waals surface area contributed by atoms with Gasteiger partial charge in [0.25, 0.3) is 0 Å². The molecule has 0 bridgehead atoms. The highest BCUT2D eigenvalue weighted by Crippen LogP contribution is 2.30. The summed E-state index contributed by atoms with van der Waals surface area (Å²) >= 11 is 0. The van der Waals surface area contributed by atoms with Crippen molar-refractivity contribution >= 4 is 11.8 Å². The molecular formula is C13H21N5O2. The quantitative estimate of drug-likeness (QED) is 0.323. The minimum absolute atomic E-state index is 0.0512. The molecule has 7 heteroatoms. The zero-order chi connectivity index (χ0) is 14.8. The Morgan fingerprint density at radius 3 is 2.70 bits per heavy atom. The van der Waals surface area contributed by atoms with Crippen molar-refractivity contribution < 1.29 is 10.3 Å². The first kappa shape index (κ1) is 14.5. The Labute approximate surface area is 118 Å². The Balaban J connectivity index is 2.21. The second-order valence-corrected chi connectivity index (χ2v) is 5.47. The Bertz CT molecular complexity index is 511. The highest BCUT2D eigenvalue weighted by atomic mass is 16.4. The van der Waals surface area contributed by atoms with E-state index in [1.165, 1.54) is 0 Å². The summed E-state index contributed by atoms with van der Waals surface area (Å²) in [5.41, 5.74) is 5.99. The molecular weight excluding hydrogens is 258 g/mol.